The molecule has 4 heteroatoms. The number of guanidine groups is 1. The fourth-order valence-electron chi connectivity index (χ4n) is 1.64. The Morgan fingerprint density at radius 2 is 1.89 bits per heavy atom. The van der Waals surface area contributed by atoms with Gasteiger partial charge in [0, 0.05) is 12.2 Å². The highest BCUT2D eigenvalue weighted by Gasteiger charge is 2.02. The molecule has 0 aliphatic heterocycles. The van der Waals surface area contributed by atoms with Crippen molar-refractivity contribution in [2.24, 2.45) is 16.6 Å². The van der Waals surface area contributed by atoms with E-state index in [0.29, 0.717) is 11.9 Å². The molecule has 0 unspecified atom stereocenters. The maximum atomic E-state index is 5.84. The van der Waals surface area contributed by atoms with Crippen LogP contribution in [0.5, 0.6) is 5.75 Å². The van der Waals surface area contributed by atoms with Crippen LogP contribution in [0, 0.1) is 5.92 Å². The summed E-state index contributed by atoms with van der Waals surface area (Å²) in [5.41, 5.74) is 6.76. The van der Waals surface area contributed by atoms with Crippen molar-refractivity contribution in [2.75, 3.05) is 19.0 Å². The molecular weight excluding hydrogens is 226 g/mol. The van der Waals surface area contributed by atoms with Crippen LogP contribution in [-0.2, 0) is 0 Å². The van der Waals surface area contributed by atoms with Crippen LogP contribution >= 0.6 is 0 Å². The minimum absolute atomic E-state index is 0.465. The van der Waals surface area contributed by atoms with Crippen LogP contribution in [0.2, 0.25) is 0 Å². The SMILES string of the molecule is CCC(CC)CN=C(N)Nc1ccc(OC)cc1. The Labute approximate surface area is 109 Å². The molecule has 1 aromatic rings. The first-order chi connectivity index (χ1) is 8.69. The minimum Gasteiger partial charge on any atom is -0.497 e. The second-order valence-corrected chi connectivity index (χ2v) is 4.26. The van der Waals surface area contributed by atoms with E-state index in [1.807, 2.05) is 24.3 Å². The van der Waals surface area contributed by atoms with Gasteiger partial charge < -0.3 is 15.8 Å². The Bertz CT molecular complexity index is 369. The van der Waals surface area contributed by atoms with Gasteiger partial charge in [0.1, 0.15) is 5.75 Å². The lowest BCUT2D eigenvalue weighted by Crippen LogP contribution is -2.23. The van der Waals surface area contributed by atoms with Crippen molar-refractivity contribution < 1.29 is 4.74 Å². The third kappa shape index (κ3) is 4.65. The Morgan fingerprint density at radius 1 is 1.28 bits per heavy atom. The monoisotopic (exact) mass is 249 g/mol. The molecule has 0 aromatic heterocycles. The number of rotatable bonds is 6. The van der Waals surface area contributed by atoms with Gasteiger partial charge in [-0.25, -0.2) is 0 Å². The van der Waals surface area contributed by atoms with Crippen molar-refractivity contribution in [1.29, 1.82) is 0 Å². The Balaban J connectivity index is 2.52. The topological polar surface area (TPSA) is 59.6 Å². The van der Waals surface area contributed by atoms with E-state index in [1.165, 1.54) is 0 Å². The second-order valence-electron chi connectivity index (χ2n) is 4.26. The maximum Gasteiger partial charge on any atom is 0.193 e. The third-order valence-electron chi connectivity index (χ3n) is 3.04. The molecule has 0 atom stereocenters. The van der Waals surface area contributed by atoms with E-state index in [4.69, 9.17) is 10.5 Å². The molecule has 3 N–H and O–H groups in total. The minimum atomic E-state index is 0.465. The van der Waals surface area contributed by atoms with Crippen LogP contribution in [0.4, 0.5) is 5.69 Å². The molecule has 0 spiro atoms. The fraction of sp³-hybridized carbons (Fsp3) is 0.500. The summed E-state index contributed by atoms with van der Waals surface area (Å²) in [6.07, 6.45) is 2.27. The zero-order chi connectivity index (χ0) is 13.4. The Hall–Kier alpha value is -1.71. The number of aliphatic imine (C=N–C) groups is 1. The van der Waals surface area contributed by atoms with Gasteiger partial charge >= 0.3 is 0 Å². The number of hydrogen-bond acceptors (Lipinski definition) is 2. The largest absolute Gasteiger partial charge is 0.497 e. The number of nitrogens with zero attached hydrogens (tertiary/aromatic N) is 1. The lowest BCUT2D eigenvalue weighted by Gasteiger charge is -2.10. The molecule has 0 fully saturated rings. The second kappa shape index (κ2) is 7.58. The molecule has 0 amide bonds. The maximum absolute atomic E-state index is 5.84. The Kier molecular flexibility index (Phi) is 6.05. The van der Waals surface area contributed by atoms with Gasteiger partial charge in [-0.05, 0) is 30.2 Å². The predicted octanol–water partition coefficient (Wildman–Crippen LogP) is 2.86. The highest BCUT2D eigenvalue weighted by atomic mass is 16.5. The van der Waals surface area contributed by atoms with Crippen molar-refractivity contribution in [3.8, 4) is 5.75 Å². The van der Waals surface area contributed by atoms with Gasteiger partial charge in [0.2, 0.25) is 0 Å². The van der Waals surface area contributed by atoms with Gasteiger partial charge in [-0.1, -0.05) is 26.7 Å². The van der Waals surface area contributed by atoms with Gasteiger partial charge in [0.25, 0.3) is 0 Å². The van der Waals surface area contributed by atoms with Crippen LogP contribution in [0.15, 0.2) is 29.3 Å². The van der Waals surface area contributed by atoms with Crippen molar-refractivity contribution in [3.05, 3.63) is 24.3 Å². The standard InChI is InChI=1S/C14H23N3O/c1-4-11(5-2)10-16-14(15)17-12-6-8-13(18-3)9-7-12/h6-9,11H,4-5,10H2,1-3H3,(H3,15,16,17). The summed E-state index contributed by atoms with van der Waals surface area (Å²) in [5, 5.41) is 3.07. The lowest BCUT2D eigenvalue weighted by molar-refractivity contribution is 0.415. The Morgan fingerprint density at radius 3 is 2.39 bits per heavy atom. The van der Waals surface area contributed by atoms with Crippen LogP contribution in [0.25, 0.3) is 0 Å². The molecule has 1 rings (SSSR count). The summed E-state index contributed by atoms with van der Waals surface area (Å²) in [7, 11) is 1.65. The molecule has 0 saturated carbocycles. The molecule has 0 aliphatic rings. The van der Waals surface area contributed by atoms with Gasteiger partial charge in [-0.3, -0.25) is 4.99 Å². The van der Waals surface area contributed by atoms with E-state index in [0.717, 1.165) is 30.8 Å². The van der Waals surface area contributed by atoms with Gasteiger partial charge in [0.05, 0.1) is 7.11 Å². The van der Waals surface area contributed by atoms with Gasteiger partial charge in [-0.15, -0.1) is 0 Å². The van der Waals surface area contributed by atoms with Crippen LogP contribution < -0.4 is 15.8 Å². The van der Waals surface area contributed by atoms with Crippen LogP contribution in [-0.4, -0.2) is 19.6 Å². The van der Waals surface area contributed by atoms with E-state index >= 15 is 0 Å². The fourth-order valence-corrected chi connectivity index (χ4v) is 1.64. The van der Waals surface area contributed by atoms with Gasteiger partial charge in [0.15, 0.2) is 5.96 Å². The molecule has 0 aliphatic carbocycles. The summed E-state index contributed by atoms with van der Waals surface area (Å²) in [6.45, 7) is 5.13. The first-order valence-electron chi connectivity index (χ1n) is 6.40. The molecule has 0 heterocycles. The van der Waals surface area contributed by atoms with E-state index in [9.17, 15) is 0 Å². The van der Waals surface area contributed by atoms with Gasteiger partial charge in [-0.2, -0.15) is 0 Å². The molecule has 100 valence electrons. The lowest BCUT2D eigenvalue weighted by atomic mass is 10.0. The normalized spacial score (nSPS) is 11.7. The summed E-state index contributed by atoms with van der Waals surface area (Å²) in [5.74, 6) is 1.90. The molecule has 1 aromatic carbocycles. The average molecular weight is 249 g/mol. The summed E-state index contributed by atoms with van der Waals surface area (Å²) in [6, 6.07) is 7.60. The number of benzene rings is 1. The smallest absolute Gasteiger partial charge is 0.193 e. The predicted molar refractivity (Wildman–Crippen MR) is 77.2 cm³/mol. The van der Waals surface area contributed by atoms with E-state index in [1.54, 1.807) is 7.11 Å². The number of hydrogen-bond donors (Lipinski definition) is 2. The number of anilines is 1. The van der Waals surface area contributed by atoms with E-state index in [2.05, 4.69) is 24.2 Å². The summed E-state index contributed by atoms with van der Waals surface area (Å²) < 4.78 is 5.09. The zero-order valence-electron chi connectivity index (χ0n) is 11.4. The van der Waals surface area contributed by atoms with E-state index in [-0.39, 0.29) is 0 Å². The van der Waals surface area contributed by atoms with Crippen molar-refractivity contribution in [3.63, 3.8) is 0 Å². The van der Waals surface area contributed by atoms with Crippen molar-refractivity contribution in [2.45, 2.75) is 26.7 Å². The third-order valence-corrected chi connectivity index (χ3v) is 3.04. The quantitative estimate of drug-likeness (QED) is 0.602. The molecule has 0 saturated heterocycles. The first-order valence-corrected chi connectivity index (χ1v) is 6.40. The number of nitrogens with one attached hydrogen (secondary N) is 1. The van der Waals surface area contributed by atoms with Crippen molar-refractivity contribution in [1.82, 2.24) is 0 Å². The number of ether oxygens (including phenoxy) is 1. The molecular formula is C14H23N3O. The molecule has 18 heavy (non-hydrogen) atoms. The highest BCUT2D eigenvalue weighted by molar-refractivity contribution is 5.92. The highest BCUT2D eigenvalue weighted by Crippen LogP contribution is 2.14. The molecule has 4 nitrogen and oxygen atoms in total. The van der Waals surface area contributed by atoms with Crippen LogP contribution in [0.3, 0.4) is 0 Å². The number of nitrogens with two attached hydrogens (primary N) is 1. The van der Waals surface area contributed by atoms with Crippen molar-refractivity contribution >= 4 is 11.6 Å². The molecule has 0 bridgehead atoms. The number of methoxy groups -OCH3 is 1. The average Bonchev–Trinajstić information content (AvgIpc) is 2.41. The summed E-state index contributed by atoms with van der Waals surface area (Å²) >= 11 is 0. The van der Waals surface area contributed by atoms with Crippen LogP contribution in [0.1, 0.15) is 26.7 Å². The van der Waals surface area contributed by atoms with E-state index < -0.39 is 0 Å². The first kappa shape index (κ1) is 14.4. The molecule has 0 radical (unpaired) electrons. The zero-order valence-corrected chi connectivity index (χ0v) is 11.4. The summed E-state index contributed by atoms with van der Waals surface area (Å²) in [4.78, 5) is 4.36.